The molecule has 0 spiro atoms. The van der Waals surface area contributed by atoms with Crippen molar-refractivity contribution in [3.8, 4) is 5.75 Å². The van der Waals surface area contributed by atoms with Gasteiger partial charge in [0.05, 0.1) is 7.11 Å². The van der Waals surface area contributed by atoms with E-state index < -0.39 is 0 Å². The van der Waals surface area contributed by atoms with Crippen LogP contribution in [-0.4, -0.2) is 17.1 Å². The van der Waals surface area contributed by atoms with Crippen LogP contribution < -0.4 is 15.9 Å². The van der Waals surface area contributed by atoms with E-state index in [1.54, 1.807) is 42.5 Å². The van der Waals surface area contributed by atoms with Crippen LogP contribution >= 0.6 is 0 Å². The number of benzene rings is 2. The molecule has 0 saturated heterocycles. The molecule has 0 unspecified atom stereocenters. The lowest BCUT2D eigenvalue weighted by Gasteiger charge is -2.00. The van der Waals surface area contributed by atoms with Gasteiger partial charge in [0.2, 0.25) is 0 Å². The first-order valence-electron chi connectivity index (χ1n) is 6.07. The van der Waals surface area contributed by atoms with Crippen molar-refractivity contribution in [1.82, 2.24) is 9.97 Å². The smallest absolute Gasteiger partial charge is 0.255 e. The summed E-state index contributed by atoms with van der Waals surface area (Å²) in [6.07, 6.45) is 0. The summed E-state index contributed by atoms with van der Waals surface area (Å²) >= 11 is 0. The van der Waals surface area contributed by atoms with Gasteiger partial charge in [-0.1, -0.05) is 6.07 Å². The van der Waals surface area contributed by atoms with E-state index in [0.717, 1.165) is 0 Å². The molecule has 20 heavy (non-hydrogen) atoms. The van der Waals surface area contributed by atoms with Crippen molar-refractivity contribution in [1.29, 1.82) is 0 Å². The van der Waals surface area contributed by atoms with Crippen LogP contribution in [0, 0.1) is 0 Å². The maximum atomic E-state index is 12.2. The lowest BCUT2D eigenvalue weighted by molar-refractivity contribution is 0.416. The highest BCUT2D eigenvalue weighted by atomic mass is 16.5. The molecule has 1 heterocycles. The zero-order chi connectivity index (χ0) is 14.1. The van der Waals surface area contributed by atoms with Gasteiger partial charge in [-0.25, -0.2) is 0 Å². The summed E-state index contributed by atoms with van der Waals surface area (Å²) < 4.78 is 5.13. The molecule has 0 saturated carbocycles. The number of ether oxygens (including phenoxy) is 1. The summed E-state index contributed by atoms with van der Waals surface area (Å²) in [7, 11) is 1.49. The van der Waals surface area contributed by atoms with Gasteiger partial charge in [0, 0.05) is 21.8 Å². The third-order valence-corrected chi connectivity index (χ3v) is 3.04. The van der Waals surface area contributed by atoms with Crippen molar-refractivity contribution in [2.24, 2.45) is 0 Å². The number of hydrogen-bond donors (Lipinski definition) is 2. The molecule has 0 aliphatic rings. The molecule has 0 aliphatic carbocycles. The number of rotatable bonds is 1. The molecule has 4 bridgehead atoms. The summed E-state index contributed by atoms with van der Waals surface area (Å²) in [6.45, 7) is 0. The Bertz CT molecular complexity index is 870. The second-order valence-corrected chi connectivity index (χ2v) is 4.44. The topological polar surface area (TPSA) is 75.0 Å². The Morgan fingerprint density at radius 3 is 1.90 bits per heavy atom. The van der Waals surface area contributed by atoms with Gasteiger partial charge < -0.3 is 14.7 Å². The summed E-state index contributed by atoms with van der Waals surface area (Å²) in [4.78, 5) is 29.9. The van der Waals surface area contributed by atoms with Crippen LogP contribution in [0.25, 0.3) is 21.8 Å². The number of nitrogens with one attached hydrogen (secondary N) is 2. The second-order valence-electron chi connectivity index (χ2n) is 4.44. The predicted octanol–water partition coefficient (Wildman–Crippen LogP) is 1.94. The number of aromatic amines is 2. The molecule has 2 aromatic carbocycles. The maximum Gasteiger partial charge on any atom is 0.255 e. The lowest BCUT2D eigenvalue weighted by Crippen LogP contribution is -2.07. The van der Waals surface area contributed by atoms with Crippen LogP contribution in [-0.2, 0) is 0 Å². The van der Waals surface area contributed by atoms with Gasteiger partial charge in [-0.15, -0.1) is 0 Å². The number of H-pyrrole nitrogens is 2. The number of hydrogen-bond acceptors (Lipinski definition) is 3. The summed E-state index contributed by atoms with van der Waals surface area (Å²) in [5.74, 6) is 0.465. The summed E-state index contributed by atoms with van der Waals surface area (Å²) in [5.41, 5.74) is 0.687. The molecule has 1 aromatic heterocycles. The van der Waals surface area contributed by atoms with Gasteiger partial charge in [0.25, 0.3) is 11.1 Å². The van der Waals surface area contributed by atoms with Crippen LogP contribution in [0.5, 0.6) is 5.75 Å². The number of methoxy groups -OCH3 is 1. The molecule has 3 rings (SSSR count). The highest BCUT2D eigenvalue weighted by molar-refractivity contribution is 5.70. The highest BCUT2D eigenvalue weighted by Crippen LogP contribution is 2.14. The Balaban J connectivity index is 2.60. The van der Waals surface area contributed by atoms with Crippen LogP contribution in [0.1, 0.15) is 0 Å². The average Bonchev–Trinajstić information content (AvgIpc) is 2.46. The maximum absolute atomic E-state index is 12.2. The fourth-order valence-electron chi connectivity index (χ4n) is 2.06. The molecule has 2 N–H and O–H groups in total. The molecule has 0 amide bonds. The third kappa shape index (κ3) is 2.21. The van der Waals surface area contributed by atoms with Gasteiger partial charge in [-0.05, 0) is 36.4 Å². The second kappa shape index (κ2) is 4.70. The fourth-order valence-corrected chi connectivity index (χ4v) is 2.06. The first-order chi connectivity index (χ1) is 9.65. The van der Waals surface area contributed by atoms with Crippen molar-refractivity contribution in [2.75, 3.05) is 7.11 Å². The van der Waals surface area contributed by atoms with E-state index in [4.69, 9.17) is 4.74 Å². The van der Waals surface area contributed by atoms with Crippen molar-refractivity contribution in [3.05, 3.63) is 63.2 Å². The quantitative estimate of drug-likeness (QED) is 0.708. The van der Waals surface area contributed by atoms with E-state index >= 15 is 0 Å². The van der Waals surface area contributed by atoms with Crippen molar-refractivity contribution < 1.29 is 4.74 Å². The van der Waals surface area contributed by atoms with E-state index in [1.807, 2.05) is 0 Å². The average molecular weight is 268 g/mol. The van der Waals surface area contributed by atoms with Crippen LogP contribution in [0.3, 0.4) is 0 Å². The van der Waals surface area contributed by atoms with Gasteiger partial charge in [-0.2, -0.15) is 0 Å². The zero-order valence-corrected chi connectivity index (χ0v) is 10.8. The highest BCUT2D eigenvalue weighted by Gasteiger charge is 2.00. The number of aromatic nitrogens is 2. The normalized spacial score (nSPS) is 10.7. The van der Waals surface area contributed by atoms with E-state index in [2.05, 4.69) is 9.97 Å². The minimum absolute atomic E-state index is 0.281. The van der Waals surface area contributed by atoms with Gasteiger partial charge in [0.15, 0.2) is 0 Å². The SMILES string of the molecule is COc1cc2cc(c1)c(=O)[nH]c1cccc(c1)[nH]c2=O. The van der Waals surface area contributed by atoms with Crippen molar-refractivity contribution >= 4 is 21.8 Å². The Labute approximate surface area is 113 Å². The van der Waals surface area contributed by atoms with Crippen LogP contribution in [0.15, 0.2) is 52.1 Å². The molecule has 5 nitrogen and oxygen atoms in total. The van der Waals surface area contributed by atoms with Crippen LogP contribution in [0.2, 0.25) is 0 Å². The van der Waals surface area contributed by atoms with Crippen LogP contribution in [0.4, 0.5) is 0 Å². The largest absolute Gasteiger partial charge is 0.497 e. The molecule has 3 aromatic rings. The minimum atomic E-state index is -0.281. The molecule has 5 heteroatoms. The van der Waals surface area contributed by atoms with Gasteiger partial charge in [0.1, 0.15) is 5.75 Å². The Morgan fingerprint density at radius 1 is 0.850 bits per heavy atom. The molecule has 0 radical (unpaired) electrons. The Kier molecular flexibility index (Phi) is 2.87. The van der Waals surface area contributed by atoms with Crippen molar-refractivity contribution in [3.63, 3.8) is 0 Å². The minimum Gasteiger partial charge on any atom is -0.497 e. The van der Waals surface area contributed by atoms with Gasteiger partial charge in [-0.3, -0.25) is 9.59 Å². The van der Waals surface area contributed by atoms with Crippen molar-refractivity contribution in [2.45, 2.75) is 0 Å². The molecule has 0 atom stereocenters. The Hall–Kier alpha value is -2.82. The van der Waals surface area contributed by atoms with E-state index in [-0.39, 0.29) is 11.1 Å². The molecule has 0 fully saturated rings. The predicted molar refractivity (Wildman–Crippen MR) is 78.1 cm³/mol. The Morgan fingerprint density at radius 2 is 1.40 bits per heavy atom. The fraction of sp³-hybridized carbons (Fsp3) is 0.0667. The van der Waals surface area contributed by atoms with Gasteiger partial charge >= 0.3 is 0 Å². The first-order valence-corrected chi connectivity index (χ1v) is 6.07. The van der Waals surface area contributed by atoms with E-state index in [1.165, 1.54) is 7.11 Å². The third-order valence-electron chi connectivity index (χ3n) is 3.04. The molecular weight excluding hydrogens is 256 g/mol. The zero-order valence-electron chi connectivity index (χ0n) is 10.8. The standard InChI is InChI=1S/C15H12N2O3/c1-20-13-6-9-5-10(7-13)15(19)17-12-4-2-3-11(8-12)16-14(9)18/h2-8H,1H3,(H,16,18)(H,17,19). The first kappa shape index (κ1) is 12.2. The molecular formula is C15H12N2O3. The molecule has 0 aliphatic heterocycles. The monoisotopic (exact) mass is 268 g/mol. The van der Waals surface area contributed by atoms with E-state index in [0.29, 0.717) is 27.6 Å². The summed E-state index contributed by atoms with van der Waals surface area (Å²) in [5, 5.41) is 0.753. The lowest BCUT2D eigenvalue weighted by atomic mass is 10.2. The molecule has 100 valence electrons. The van der Waals surface area contributed by atoms with E-state index in [9.17, 15) is 9.59 Å². The summed E-state index contributed by atoms with van der Waals surface area (Å²) in [6, 6.07) is 11.7. The number of fused-ring (bicyclic) bond motifs is 4.